The minimum absolute atomic E-state index is 0.0278. The van der Waals surface area contributed by atoms with E-state index in [1.807, 2.05) is 24.3 Å². The summed E-state index contributed by atoms with van der Waals surface area (Å²) in [6, 6.07) is 29.7. The number of ketones is 1. The van der Waals surface area contributed by atoms with Crippen molar-refractivity contribution < 1.29 is 4.79 Å². The monoisotopic (exact) mass is 467 g/mol. The zero-order chi connectivity index (χ0) is 25.2. The van der Waals surface area contributed by atoms with Gasteiger partial charge in [-0.05, 0) is 103 Å². The number of hydrogen-bond donors (Lipinski definition) is 4. The number of benzene rings is 4. The molecule has 0 aliphatic carbocycles. The molecule has 0 unspecified atom stereocenters. The molecule has 0 saturated heterocycles. The second kappa shape index (κ2) is 12.1. The van der Waals surface area contributed by atoms with Crippen LogP contribution in [-0.2, 0) is 0 Å². The highest BCUT2D eigenvalue weighted by Gasteiger charge is 2.09. The van der Waals surface area contributed by atoms with Crippen LogP contribution in [0.4, 0.5) is 34.1 Å². The van der Waals surface area contributed by atoms with Gasteiger partial charge in [-0.3, -0.25) is 4.79 Å². The Morgan fingerprint density at radius 3 is 1.20 bits per heavy atom. The van der Waals surface area contributed by atoms with Crippen molar-refractivity contribution in [2.45, 2.75) is 19.8 Å². The summed E-state index contributed by atoms with van der Waals surface area (Å²) < 4.78 is 0. The molecule has 0 amide bonds. The summed E-state index contributed by atoms with van der Waals surface area (Å²) in [6.07, 6.45) is 2.31. The van der Waals surface area contributed by atoms with E-state index in [4.69, 9.17) is 22.9 Å². The normalized spacial score (nSPS) is 10.2. The highest BCUT2D eigenvalue weighted by atomic mass is 16.1. The lowest BCUT2D eigenvalue weighted by Gasteiger charge is -2.25. The molecule has 8 N–H and O–H groups in total. The van der Waals surface area contributed by atoms with Crippen molar-refractivity contribution in [1.29, 1.82) is 0 Å². The summed E-state index contributed by atoms with van der Waals surface area (Å²) in [5.74, 6) is -0.0278. The number of anilines is 6. The van der Waals surface area contributed by atoms with Crippen LogP contribution < -0.4 is 27.8 Å². The van der Waals surface area contributed by atoms with Crippen LogP contribution in [0.15, 0.2) is 97.1 Å². The summed E-state index contributed by atoms with van der Waals surface area (Å²) in [7, 11) is 0. The summed E-state index contributed by atoms with van der Waals surface area (Å²) >= 11 is 0. The Labute approximate surface area is 207 Å². The van der Waals surface area contributed by atoms with E-state index in [1.54, 1.807) is 48.5 Å². The molecule has 4 aromatic rings. The molecule has 0 radical (unpaired) electrons. The van der Waals surface area contributed by atoms with Gasteiger partial charge in [0, 0.05) is 51.8 Å². The lowest BCUT2D eigenvalue weighted by molar-refractivity contribution is 0.103. The summed E-state index contributed by atoms with van der Waals surface area (Å²) in [6.45, 7) is 3.19. The van der Waals surface area contributed by atoms with Gasteiger partial charge < -0.3 is 27.8 Å². The van der Waals surface area contributed by atoms with Gasteiger partial charge in [0.25, 0.3) is 0 Å². The fourth-order valence-corrected chi connectivity index (χ4v) is 3.47. The largest absolute Gasteiger partial charge is 0.399 e. The number of unbranched alkanes of at least 4 members (excludes halogenated alkanes) is 1. The van der Waals surface area contributed by atoms with Crippen LogP contribution in [0, 0.1) is 0 Å². The van der Waals surface area contributed by atoms with E-state index in [2.05, 4.69) is 36.1 Å². The minimum Gasteiger partial charge on any atom is -0.399 e. The minimum atomic E-state index is -0.0278. The van der Waals surface area contributed by atoms with Crippen LogP contribution in [0.1, 0.15) is 35.7 Å². The number of carbonyl (C=O) groups excluding carboxylic acids is 1. The molecule has 0 aliphatic heterocycles. The molecule has 4 rings (SSSR count). The Morgan fingerprint density at radius 1 is 0.571 bits per heavy atom. The zero-order valence-electron chi connectivity index (χ0n) is 20.0. The van der Waals surface area contributed by atoms with Crippen molar-refractivity contribution in [1.82, 2.24) is 0 Å². The SMILES string of the molecule is CCCCN(c1ccc(N)cc1)c1ccc(N)cc1.Nc1ccc(C(=O)c2ccc(N)cc2)cc1. The van der Waals surface area contributed by atoms with Gasteiger partial charge in [0.2, 0.25) is 0 Å². The second-order valence-corrected chi connectivity index (χ2v) is 8.26. The highest BCUT2D eigenvalue weighted by Crippen LogP contribution is 2.27. The predicted octanol–water partition coefficient (Wildman–Crippen LogP) is 5.87. The predicted molar refractivity (Wildman–Crippen MR) is 149 cm³/mol. The molecule has 0 spiro atoms. The van der Waals surface area contributed by atoms with E-state index in [-0.39, 0.29) is 5.78 Å². The third-order valence-corrected chi connectivity index (χ3v) is 5.49. The van der Waals surface area contributed by atoms with Crippen LogP contribution in [0.5, 0.6) is 0 Å². The van der Waals surface area contributed by atoms with Crippen LogP contribution in [0.25, 0.3) is 0 Å². The second-order valence-electron chi connectivity index (χ2n) is 8.26. The molecular weight excluding hydrogens is 434 g/mol. The molecule has 6 heteroatoms. The fraction of sp³-hybridized carbons (Fsp3) is 0.138. The summed E-state index contributed by atoms with van der Waals surface area (Å²) in [4.78, 5) is 14.3. The molecule has 0 fully saturated rings. The Bertz CT molecular complexity index is 1110. The maximum absolute atomic E-state index is 12.0. The van der Waals surface area contributed by atoms with E-state index in [1.165, 1.54) is 6.42 Å². The molecule has 0 aromatic heterocycles. The molecule has 0 bridgehead atoms. The number of nitrogens with two attached hydrogens (primary N) is 4. The summed E-state index contributed by atoms with van der Waals surface area (Å²) in [5.41, 5.74) is 29.1. The molecule has 0 atom stereocenters. The van der Waals surface area contributed by atoms with E-state index in [0.29, 0.717) is 22.5 Å². The van der Waals surface area contributed by atoms with Crippen molar-refractivity contribution >= 4 is 39.9 Å². The molecule has 0 aliphatic rings. The Hall–Kier alpha value is -4.45. The maximum atomic E-state index is 12.0. The Kier molecular flexibility index (Phi) is 8.73. The van der Waals surface area contributed by atoms with E-state index in [0.717, 1.165) is 35.7 Å². The van der Waals surface area contributed by atoms with Crippen LogP contribution in [-0.4, -0.2) is 12.3 Å². The average Bonchev–Trinajstić information content (AvgIpc) is 2.87. The average molecular weight is 468 g/mol. The van der Waals surface area contributed by atoms with Gasteiger partial charge in [-0.2, -0.15) is 0 Å². The van der Waals surface area contributed by atoms with Gasteiger partial charge in [0.15, 0.2) is 5.78 Å². The summed E-state index contributed by atoms with van der Waals surface area (Å²) in [5, 5.41) is 0. The van der Waals surface area contributed by atoms with Crippen molar-refractivity contribution in [3.63, 3.8) is 0 Å². The molecule has 6 nitrogen and oxygen atoms in total. The number of nitrogens with zero attached hydrogens (tertiary/aromatic N) is 1. The molecule has 0 heterocycles. The van der Waals surface area contributed by atoms with Gasteiger partial charge in [-0.15, -0.1) is 0 Å². The maximum Gasteiger partial charge on any atom is 0.193 e. The lowest BCUT2D eigenvalue weighted by atomic mass is 10.0. The van der Waals surface area contributed by atoms with E-state index >= 15 is 0 Å². The number of rotatable bonds is 7. The molecule has 35 heavy (non-hydrogen) atoms. The lowest BCUT2D eigenvalue weighted by Crippen LogP contribution is -2.18. The van der Waals surface area contributed by atoms with Gasteiger partial charge in [-0.1, -0.05) is 13.3 Å². The van der Waals surface area contributed by atoms with Gasteiger partial charge in [-0.25, -0.2) is 0 Å². The first-order valence-corrected chi connectivity index (χ1v) is 11.6. The first-order chi connectivity index (χ1) is 16.9. The van der Waals surface area contributed by atoms with Crippen molar-refractivity contribution in [2.75, 3.05) is 34.4 Å². The molecule has 180 valence electrons. The van der Waals surface area contributed by atoms with Crippen molar-refractivity contribution in [3.05, 3.63) is 108 Å². The standard InChI is InChI=1S/C16H21N3.C13H12N2O/c1-2-3-12-19(15-8-4-13(17)5-9-15)16-10-6-14(18)7-11-16;14-11-5-1-9(2-6-11)13(16)10-3-7-12(15)8-4-10/h4-11H,2-3,12,17-18H2,1H3;1-8H,14-15H2. The van der Waals surface area contributed by atoms with Gasteiger partial charge >= 0.3 is 0 Å². The number of carbonyl (C=O) groups is 1. The Balaban J connectivity index is 0.000000198. The molecule has 0 saturated carbocycles. The van der Waals surface area contributed by atoms with Crippen molar-refractivity contribution in [3.8, 4) is 0 Å². The first kappa shape index (κ1) is 25.2. The van der Waals surface area contributed by atoms with Gasteiger partial charge in [0.1, 0.15) is 0 Å². The van der Waals surface area contributed by atoms with Crippen LogP contribution in [0.2, 0.25) is 0 Å². The third kappa shape index (κ3) is 7.27. The Morgan fingerprint density at radius 2 is 0.886 bits per heavy atom. The van der Waals surface area contributed by atoms with Crippen LogP contribution in [0.3, 0.4) is 0 Å². The van der Waals surface area contributed by atoms with Crippen molar-refractivity contribution in [2.24, 2.45) is 0 Å². The number of hydrogen-bond acceptors (Lipinski definition) is 6. The molecular formula is C29H33N5O. The zero-order valence-corrected chi connectivity index (χ0v) is 20.0. The van der Waals surface area contributed by atoms with E-state index < -0.39 is 0 Å². The topological polar surface area (TPSA) is 124 Å². The van der Waals surface area contributed by atoms with Gasteiger partial charge in [0.05, 0.1) is 0 Å². The third-order valence-electron chi connectivity index (χ3n) is 5.49. The van der Waals surface area contributed by atoms with E-state index in [9.17, 15) is 4.79 Å². The fourth-order valence-electron chi connectivity index (χ4n) is 3.47. The smallest absolute Gasteiger partial charge is 0.193 e. The number of nitrogen functional groups attached to an aromatic ring is 4. The highest BCUT2D eigenvalue weighted by molar-refractivity contribution is 6.09. The quantitative estimate of drug-likeness (QED) is 0.199. The molecule has 4 aromatic carbocycles. The van der Waals surface area contributed by atoms with Crippen LogP contribution >= 0.6 is 0 Å². The first-order valence-electron chi connectivity index (χ1n) is 11.6.